The fourth-order valence-electron chi connectivity index (χ4n) is 1.60. The van der Waals surface area contributed by atoms with E-state index in [9.17, 15) is 9.59 Å². The largest absolute Gasteiger partial charge is 0.458 e. The van der Waals surface area contributed by atoms with Gasteiger partial charge in [-0.2, -0.15) is 0 Å². The second-order valence-corrected chi connectivity index (χ2v) is 7.22. The number of nitrogens with one attached hydrogen (secondary N) is 1. The van der Waals surface area contributed by atoms with Gasteiger partial charge in [-0.15, -0.1) is 0 Å². The zero-order chi connectivity index (χ0) is 17.0. The molecule has 0 saturated heterocycles. The first-order chi connectivity index (χ1) is 9.23. The summed E-state index contributed by atoms with van der Waals surface area (Å²) >= 11 is 0. The van der Waals surface area contributed by atoms with E-state index < -0.39 is 41.3 Å². The highest BCUT2D eigenvalue weighted by Gasteiger charge is 2.29. The first-order valence-corrected chi connectivity index (χ1v) is 7.19. The maximum atomic E-state index is 12.0. The number of hydrogen-bond donors (Lipinski definition) is 2. The van der Waals surface area contributed by atoms with Crippen LogP contribution in [0.25, 0.3) is 0 Å². The molecule has 6 heteroatoms. The quantitative estimate of drug-likeness (QED) is 0.748. The Morgan fingerprint density at radius 2 is 1.48 bits per heavy atom. The van der Waals surface area contributed by atoms with Crippen molar-refractivity contribution in [3.8, 4) is 0 Å². The zero-order valence-corrected chi connectivity index (χ0v) is 14.4. The maximum absolute atomic E-state index is 12.0. The van der Waals surface area contributed by atoms with Gasteiger partial charge in [0.15, 0.2) is 0 Å². The van der Waals surface area contributed by atoms with Gasteiger partial charge >= 0.3 is 5.97 Å². The number of nitrogens with two attached hydrogens (primary N) is 1. The third-order valence-corrected chi connectivity index (χ3v) is 2.47. The number of hydrogen-bond acceptors (Lipinski definition) is 5. The number of rotatable bonds is 5. The average Bonchev–Trinajstić information content (AvgIpc) is 2.22. The van der Waals surface area contributed by atoms with E-state index in [1.165, 1.54) is 0 Å². The van der Waals surface area contributed by atoms with E-state index in [1.807, 2.05) is 20.8 Å². The summed E-state index contributed by atoms with van der Waals surface area (Å²) in [4.78, 5) is 23.8. The lowest BCUT2D eigenvalue weighted by Crippen LogP contribution is -2.53. The van der Waals surface area contributed by atoms with Crippen molar-refractivity contribution in [2.24, 2.45) is 5.73 Å². The molecule has 0 aromatic rings. The number of esters is 1. The first-order valence-electron chi connectivity index (χ1n) is 7.19. The Hall–Kier alpha value is -1.14. The van der Waals surface area contributed by atoms with Crippen LogP contribution in [0.1, 0.15) is 55.4 Å². The van der Waals surface area contributed by atoms with Crippen molar-refractivity contribution in [3.63, 3.8) is 0 Å². The molecule has 0 aliphatic heterocycles. The van der Waals surface area contributed by atoms with Crippen molar-refractivity contribution in [2.45, 2.75) is 84.8 Å². The molecule has 0 heterocycles. The normalized spacial score (nSPS) is 16.8. The Balaban J connectivity index is 4.50. The summed E-state index contributed by atoms with van der Waals surface area (Å²) in [6.07, 6.45) is -0.462. The predicted octanol–water partition coefficient (Wildman–Crippen LogP) is 1.36. The fraction of sp³-hybridized carbons (Fsp3) is 0.867. The molecule has 0 saturated carbocycles. The Morgan fingerprint density at radius 3 is 1.86 bits per heavy atom. The minimum absolute atomic E-state index is 0.395. The van der Waals surface area contributed by atoms with Crippen LogP contribution >= 0.6 is 0 Å². The van der Waals surface area contributed by atoms with E-state index in [1.54, 1.807) is 34.6 Å². The molecule has 0 spiro atoms. The molecule has 0 rings (SSSR count). The number of amides is 1. The summed E-state index contributed by atoms with van der Waals surface area (Å²) in [5.41, 5.74) is 4.86. The van der Waals surface area contributed by atoms with E-state index in [4.69, 9.17) is 15.2 Å². The molecule has 21 heavy (non-hydrogen) atoms. The molecule has 3 atom stereocenters. The SMILES string of the molecule is CC(OC(C)(C)C)[C@H](N)C(=O)N[C@@H](C)C(=O)OC(C)(C)C. The fourth-order valence-corrected chi connectivity index (χ4v) is 1.60. The maximum Gasteiger partial charge on any atom is 0.328 e. The molecule has 0 aromatic heterocycles. The van der Waals surface area contributed by atoms with Gasteiger partial charge in [-0.25, -0.2) is 4.79 Å². The second kappa shape index (κ2) is 7.22. The lowest BCUT2D eigenvalue weighted by Gasteiger charge is -2.29. The highest BCUT2D eigenvalue weighted by atomic mass is 16.6. The lowest BCUT2D eigenvalue weighted by molar-refractivity contribution is -0.158. The highest BCUT2D eigenvalue weighted by Crippen LogP contribution is 2.13. The van der Waals surface area contributed by atoms with Crippen LogP contribution < -0.4 is 11.1 Å². The number of ether oxygens (including phenoxy) is 2. The molecule has 1 amide bonds. The predicted molar refractivity (Wildman–Crippen MR) is 81.7 cm³/mol. The van der Waals surface area contributed by atoms with Crippen molar-refractivity contribution in [2.75, 3.05) is 0 Å². The van der Waals surface area contributed by atoms with Gasteiger partial charge < -0.3 is 20.5 Å². The monoisotopic (exact) mass is 302 g/mol. The minimum Gasteiger partial charge on any atom is -0.458 e. The molecule has 6 nitrogen and oxygen atoms in total. The van der Waals surface area contributed by atoms with Crippen molar-refractivity contribution in [1.29, 1.82) is 0 Å². The van der Waals surface area contributed by atoms with Crippen LogP contribution in [0.5, 0.6) is 0 Å². The van der Waals surface area contributed by atoms with E-state index in [0.717, 1.165) is 0 Å². The summed E-state index contributed by atoms with van der Waals surface area (Å²) in [6, 6.07) is -1.61. The van der Waals surface area contributed by atoms with Gasteiger partial charge in [-0.05, 0) is 55.4 Å². The van der Waals surface area contributed by atoms with Crippen molar-refractivity contribution in [1.82, 2.24) is 5.32 Å². The standard InChI is InChI=1S/C15H30N2O4/c1-9(13(19)21-15(6,7)8)17-12(18)11(16)10(2)20-14(3,4)5/h9-11H,16H2,1-8H3,(H,17,18)/t9-,10?,11-/m0/s1. The molecular weight excluding hydrogens is 272 g/mol. The Morgan fingerprint density at radius 1 is 1.00 bits per heavy atom. The molecule has 0 aromatic carbocycles. The van der Waals surface area contributed by atoms with Crippen molar-refractivity contribution >= 4 is 11.9 Å². The summed E-state index contributed by atoms with van der Waals surface area (Å²) in [7, 11) is 0. The third-order valence-electron chi connectivity index (χ3n) is 2.47. The van der Waals surface area contributed by atoms with E-state index in [0.29, 0.717) is 0 Å². The number of carbonyl (C=O) groups excluding carboxylic acids is 2. The Labute approximate surface area is 127 Å². The van der Waals surface area contributed by atoms with Gasteiger partial charge in [-0.1, -0.05) is 0 Å². The summed E-state index contributed by atoms with van der Waals surface area (Å²) < 4.78 is 10.8. The van der Waals surface area contributed by atoms with Crippen LogP contribution in [0.2, 0.25) is 0 Å². The van der Waals surface area contributed by atoms with E-state index in [2.05, 4.69) is 5.32 Å². The Bertz CT molecular complexity index is 369. The molecule has 0 aliphatic carbocycles. The second-order valence-electron chi connectivity index (χ2n) is 7.22. The molecule has 0 fully saturated rings. The zero-order valence-electron chi connectivity index (χ0n) is 14.4. The number of carbonyl (C=O) groups is 2. The van der Waals surface area contributed by atoms with Crippen LogP contribution in [0.15, 0.2) is 0 Å². The smallest absolute Gasteiger partial charge is 0.328 e. The van der Waals surface area contributed by atoms with E-state index in [-0.39, 0.29) is 0 Å². The van der Waals surface area contributed by atoms with Gasteiger partial charge in [0.25, 0.3) is 0 Å². The molecule has 1 unspecified atom stereocenters. The van der Waals surface area contributed by atoms with Crippen LogP contribution in [0.3, 0.4) is 0 Å². The van der Waals surface area contributed by atoms with Crippen LogP contribution in [-0.4, -0.2) is 41.3 Å². The lowest BCUT2D eigenvalue weighted by atomic mass is 10.1. The molecule has 0 aliphatic rings. The summed E-state index contributed by atoms with van der Waals surface area (Å²) in [5.74, 6) is -0.933. The molecule has 3 N–H and O–H groups in total. The van der Waals surface area contributed by atoms with Crippen molar-refractivity contribution in [3.05, 3.63) is 0 Å². The van der Waals surface area contributed by atoms with Gasteiger partial charge in [0.2, 0.25) is 5.91 Å². The molecular formula is C15H30N2O4. The molecule has 0 bridgehead atoms. The molecule has 124 valence electrons. The summed E-state index contributed by atoms with van der Waals surface area (Å²) in [5, 5.41) is 2.55. The van der Waals surface area contributed by atoms with Gasteiger partial charge in [0, 0.05) is 0 Å². The van der Waals surface area contributed by atoms with Gasteiger partial charge in [0.05, 0.1) is 11.7 Å². The van der Waals surface area contributed by atoms with Crippen LogP contribution in [0, 0.1) is 0 Å². The van der Waals surface area contributed by atoms with E-state index >= 15 is 0 Å². The Kier molecular flexibility index (Phi) is 6.83. The van der Waals surface area contributed by atoms with Crippen molar-refractivity contribution < 1.29 is 19.1 Å². The minimum atomic E-state index is -0.853. The molecule has 0 radical (unpaired) electrons. The average molecular weight is 302 g/mol. The first kappa shape index (κ1) is 19.9. The topological polar surface area (TPSA) is 90.6 Å². The van der Waals surface area contributed by atoms with Gasteiger partial charge in [0.1, 0.15) is 17.7 Å². The summed E-state index contributed by atoms with van der Waals surface area (Å²) in [6.45, 7) is 14.3. The highest BCUT2D eigenvalue weighted by molar-refractivity contribution is 5.87. The van der Waals surface area contributed by atoms with Crippen LogP contribution in [0.4, 0.5) is 0 Å². The van der Waals surface area contributed by atoms with Crippen LogP contribution in [-0.2, 0) is 19.1 Å². The van der Waals surface area contributed by atoms with Gasteiger partial charge in [-0.3, -0.25) is 4.79 Å². The third kappa shape index (κ3) is 8.67.